The van der Waals surface area contributed by atoms with Crippen LogP contribution < -0.4 is 15.8 Å². The van der Waals surface area contributed by atoms with Gasteiger partial charge in [-0.3, -0.25) is 9.20 Å². The molecular formula is C29H32F2N6O2. The number of rotatable bonds is 13. The zero-order valence-electron chi connectivity index (χ0n) is 22.1. The first-order chi connectivity index (χ1) is 18.9. The minimum atomic E-state index is -1.07. The van der Waals surface area contributed by atoms with Gasteiger partial charge in [-0.1, -0.05) is 13.3 Å². The average molecular weight is 535 g/mol. The number of ether oxygens (including phenoxy) is 1. The summed E-state index contributed by atoms with van der Waals surface area (Å²) in [6.07, 6.45) is 8.69. The number of hydrogen-bond donors (Lipinski definition) is 3. The molecule has 0 spiro atoms. The summed E-state index contributed by atoms with van der Waals surface area (Å²) in [6, 6.07) is 8.23. The molecule has 0 radical (unpaired) electrons. The molecular weight excluding hydrogens is 502 g/mol. The molecule has 2 heterocycles. The average Bonchev–Trinajstić information content (AvgIpc) is 3.37. The molecule has 2 aromatic carbocycles. The standard InChI is InChI=1S/C29H32F2N6O2/c1-3-18-15-20(8-9-21(18)24(38)16-19(33)7-5-4-6-12-32)36-28-29-35-17-23(37(29)14-13-34-28)22-10-11-25(39-2)27(31)26(22)30/h8-11,13-15,17,33H,3-7,12,16,32H2,1-2H3,(H,34,36). The number of fused-ring (bicyclic) bond motifs is 1. The topological polar surface area (TPSA) is 118 Å². The Morgan fingerprint density at radius 1 is 1.13 bits per heavy atom. The van der Waals surface area contributed by atoms with Crippen LogP contribution in [0.25, 0.3) is 16.9 Å². The quantitative estimate of drug-likeness (QED) is 0.108. The zero-order chi connectivity index (χ0) is 27.9. The monoisotopic (exact) mass is 534 g/mol. The van der Waals surface area contributed by atoms with Crippen molar-refractivity contribution in [2.75, 3.05) is 19.0 Å². The highest BCUT2D eigenvalue weighted by Crippen LogP contribution is 2.31. The second-order valence-electron chi connectivity index (χ2n) is 9.21. The summed E-state index contributed by atoms with van der Waals surface area (Å²) in [7, 11) is 1.28. The molecule has 10 heteroatoms. The fourth-order valence-corrected chi connectivity index (χ4v) is 4.50. The normalized spacial score (nSPS) is 11.1. The van der Waals surface area contributed by atoms with Crippen molar-refractivity contribution in [2.24, 2.45) is 5.73 Å². The van der Waals surface area contributed by atoms with Gasteiger partial charge in [-0.25, -0.2) is 14.4 Å². The van der Waals surface area contributed by atoms with Gasteiger partial charge in [0.05, 0.1) is 19.0 Å². The van der Waals surface area contributed by atoms with Crippen LogP contribution in [-0.4, -0.2) is 39.5 Å². The summed E-state index contributed by atoms with van der Waals surface area (Å²) in [5.74, 6) is -1.94. The maximum atomic E-state index is 14.8. The number of nitrogens with zero attached hydrogens (tertiary/aromatic N) is 3. The molecule has 0 fully saturated rings. The summed E-state index contributed by atoms with van der Waals surface area (Å²) in [4.78, 5) is 21.7. The number of nitrogens with two attached hydrogens (primary N) is 1. The lowest BCUT2D eigenvalue weighted by atomic mass is 9.96. The Morgan fingerprint density at radius 2 is 1.95 bits per heavy atom. The molecule has 204 valence electrons. The SMILES string of the molecule is CCc1cc(Nc2nccn3c(-c4ccc(OC)c(F)c4F)cnc23)ccc1C(=O)CC(=N)CCCCCN. The van der Waals surface area contributed by atoms with Crippen LogP contribution in [0.4, 0.5) is 20.3 Å². The lowest BCUT2D eigenvalue weighted by Gasteiger charge is -2.12. The number of aromatic nitrogens is 3. The van der Waals surface area contributed by atoms with Crippen molar-refractivity contribution >= 4 is 28.6 Å². The van der Waals surface area contributed by atoms with Gasteiger partial charge in [-0.15, -0.1) is 0 Å². The van der Waals surface area contributed by atoms with Gasteiger partial charge >= 0.3 is 0 Å². The van der Waals surface area contributed by atoms with Crippen LogP contribution in [0.1, 0.15) is 54.9 Å². The lowest BCUT2D eigenvalue weighted by molar-refractivity contribution is 0.0999. The molecule has 8 nitrogen and oxygen atoms in total. The van der Waals surface area contributed by atoms with E-state index in [1.807, 2.05) is 13.0 Å². The van der Waals surface area contributed by atoms with E-state index in [1.165, 1.54) is 31.6 Å². The number of Topliss-reactive ketones (excluding diaryl/α,β-unsaturated/α-hetero) is 1. The fourth-order valence-electron chi connectivity index (χ4n) is 4.50. The van der Waals surface area contributed by atoms with Crippen molar-refractivity contribution in [3.63, 3.8) is 0 Å². The highest BCUT2D eigenvalue weighted by Gasteiger charge is 2.19. The fraction of sp³-hybridized carbons (Fsp3) is 0.310. The number of anilines is 2. The first kappa shape index (κ1) is 27.8. The van der Waals surface area contributed by atoms with E-state index in [1.54, 1.807) is 22.7 Å². The number of hydrogen-bond acceptors (Lipinski definition) is 7. The summed E-state index contributed by atoms with van der Waals surface area (Å²) in [5.41, 5.74) is 8.92. The van der Waals surface area contributed by atoms with E-state index < -0.39 is 11.6 Å². The van der Waals surface area contributed by atoms with E-state index in [0.29, 0.717) is 53.5 Å². The van der Waals surface area contributed by atoms with E-state index in [9.17, 15) is 13.6 Å². The Hall–Kier alpha value is -4.18. The molecule has 0 unspecified atom stereocenters. The van der Waals surface area contributed by atoms with Crippen LogP contribution in [0.2, 0.25) is 0 Å². The second-order valence-corrected chi connectivity index (χ2v) is 9.21. The third kappa shape index (κ3) is 6.12. The molecule has 0 atom stereocenters. The van der Waals surface area contributed by atoms with Crippen molar-refractivity contribution < 1.29 is 18.3 Å². The number of imidazole rings is 1. The summed E-state index contributed by atoms with van der Waals surface area (Å²) >= 11 is 0. The first-order valence-corrected chi connectivity index (χ1v) is 12.9. The summed E-state index contributed by atoms with van der Waals surface area (Å²) < 4.78 is 35.6. The Labute approximate surface area is 225 Å². The van der Waals surface area contributed by atoms with Gasteiger partial charge < -0.3 is 21.2 Å². The number of carbonyl (C=O) groups excluding carboxylic acids is 1. The van der Waals surface area contributed by atoms with E-state index >= 15 is 0 Å². The first-order valence-electron chi connectivity index (χ1n) is 12.9. The third-order valence-corrected chi connectivity index (χ3v) is 6.58. The zero-order valence-corrected chi connectivity index (χ0v) is 22.1. The van der Waals surface area contributed by atoms with Crippen LogP contribution >= 0.6 is 0 Å². The molecule has 0 aliphatic carbocycles. The molecule has 4 aromatic rings. The predicted octanol–water partition coefficient (Wildman–Crippen LogP) is 6.10. The van der Waals surface area contributed by atoms with E-state index in [-0.39, 0.29) is 23.5 Å². The van der Waals surface area contributed by atoms with Gasteiger partial charge in [0, 0.05) is 41.3 Å². The second kappa shape index (κ2) is 12.6. The Kier molecular flexibility index (Phi) is 8.98. The van der Waals surface area contributed by atoms with Crippen molar-refractivity contribution in [1.82, 2.24) is 14.4 Å². The highest BCUT2D eigenvalue weighted by molar-refractivity contribution is 6.09. The number of ketones is 1. The van der Waals surface area contributed by atoms with Gasteiger partial charge in [-0.05, 0) is 68.1 Å². The molecule has 39 heavy (non-hydrogen) atoms. The van der Waals surface area contributed by atoms with Gasteiger partial charge in [0.1, 0.15) is 0 Å². The summed E-state index contributed by atoms with van der Waals surface area (Å²) in [6.45, 7) is 2.61. The molecule has 0 aliphatic rings. The smallest absolute Gasteiger partial charge is 0.201 e. The van der Waals surface area contributed by atoms with E-state index in [0.717, 1.165) is 24.8 Å². The van der Waals surface area contributed by atoms with Gasteiger partial charge in [0.15, 0.2) is 28.8 Å². The molecule has 0 aliphatic heterocycles. The third-order valence-electron chi connectivity index (χ3n) is 6.58. The van der Waals surface area contributed by atoms with E-state index in [2.05, 4.69) is 15.3 Å². The highest BCUT2D eigenvalue weighted by atomic mass is 19.2. The Morgan fingerprint density at radius 3 is 2.69 bits per heavy atom. The number of nitrogens with one attached hydrogen (secondary N) is 2. The molecule has 4 rings (SSSR count). The molecule has 0 saturated carbocycles. The number of aryl methyl sites for hydroxylation is 1. The van der Waals surface area contributed by atoms with Gasteiger partial charge in [0.2, 0.25) is 5.82 Å². The molecule has 0 saturated heterocycles. The molecule has 2 aromatic heterocycles. The van der Waals surface area contributed by atoms with Crippen LogP contribution in [0.5, 0.6) is 5.75 Å². The Bertz CT molecular complexity index is 1500. The number of unbranched alkanes of at least 4 members (excludes halogenated alkanes) is 2. The summed E-state index contributed by atoms with van der Waals surface area (Å²) in [5, 5.41) is 11.4. The Balaban J connectivity index is 1.55. The minimum Gasteiger partial charge on any atom is -0.494 e. The number of carbonyl (C=O) groups is 1. The van der Waals surface area contributed by atoms with Crippen LogP contribution in [0.3, 0.4) is 0 Å². The van der Waals surface area contributed by atoms with Crippen molar-refractivity contribution in [3.05, 3.63) is 71.7 Å². The van der Waals surface area contributed by atoms with Crippen molar-refractivity contribution in [2.45, 2.75) is 45.4 Å². The van der Waals surface area contributed by atoms with Crippen LogP contribution in [0.15, 0.2) is 48.9 Å². The minimum absolute atomic E-state index is 0.0408. The largest absolute Gasteiger partial charge is 0.494 e. The van der Waals surface area contributed by atoms with Crippen molar-refractivity contribution in [1.29, 1.82) is 5.41 Å². The maximum absolute atomic E-state index is 14.8. The number of benzene rings is 2. The maximum Gasteiger partial charge on any atom is 0.201 e. The molecule has 0 bridgehead atoms. The van der Waals surface area contributed by atoms with E-state index in [4.69, 9.17) is 15.9 Å². The van der Waals surface area contributed by atoms with Crippen LogP contribution in [-0.2, 0) is 6.42 Å². The lowest BCUT2D eigenvalue weighted by Crippen LogP contribution is -2.10. The van der Waals surface area contributed by atoms with Crippen LogP contribution in [0, 0.1) is 17.0 Å². The van der Waals surface area contributed by atoms with Gasteiger partial charge in [-0.2, -0.15) is 4.39 Å². The molecule has 4 N–H and O–H groups in total. The van der Waals surface area contributed by atoms with Crippen molar-refractivity contribution in [3.8, 4) is 17.0 Å². The number of methoxy groups -OCH3 is 1. The predicted molar refractivity (Wildman–Crippen MR) is 148 cm³/mol. The van der Waals surface area contributed by atoms with Gasteiger partial charge in [0.25, 0.3) is 0 Å². The number of halogens is 2. The molecule has 0 amide bonds.